The molecule has 0 aliphatic heterocycles. The summed E-state index contributed by atoms with van der Waals surface area (Å²) in [5.41, 5.74) is 2.60. The van der Waals surface area contributed by atoms with Crippen molar-refractivity contribution >= 4 is 17.9 Å². The van der Waals surface area contributed by atoms with Crippen molar-refractivity contribution in [3.05, 3.63) is 96.9 Å². The van der Waals surface area contributed by atoms with Crippen molar-refractivity contribution in [2.24, 2.45) is 0 Å². The second-order valence-corrected chi connectivity index (χ2v) is 9.92. The molecule has 0 atom stereocenters. The first kappa shape index (κ1) is 34.1. The number of methoxy groups -OCH3 is 1. The maximum Gasteiger partial charge on any atom is 0.338 e. The smallest absolute Gasteiger partial charge is 0.338 e. The summed E-state index contributed by atoms with van der Waals surface area (Å²) in [7, 11) is 1.42. The molecule has 0 heterocycles. The third-order valence-electron chi connectivity index (χ3n) is 6.12. The molecule has 0 bridgehead atoms. The highest BCUT2D eigenvalue weighted by molar-refractivity contribution is 5.89. The number of halogens is 1. The van der Waals surface area contributed by atoms with E-state index in [9.17, 15) is 14.4 Å². The van der Waals surface area contributed by atoms with E-state index in [4.69, 9.17) is 28.4 Å². The van der Waals surface area contributed by atoms with Crippen molar-refractivity contribution in [2.75, 3.05) is 33.5 Å². The quantitative estimate of drug-likeness (QED) is 0.0801. The third kappa shape index (κ3) is 9.56. The van der Waals surface area contributed by atoms with Crippen LogP contribution < -0.4 is 18.9 Å². The number of carbonyl (C=O) groups is 3. The first-order chi connectivity index (χ1) is 21.4. The lowest BCUT2D eigenvalue weighted by Crippen LogP contribution is -2.13. The van der Waals surface area contributed by atoms with E-state index in [1.54, 1.807) is 49.4 Å². The van der Waals surface area contributed by atoms with Gasteiger partial charge < -0.3 is 28.4 Å². The Hall–Kier alpha value is -5.38. The highest BCUT2D eigenvalue weighted by atomic mass is 19.1. The normalized spacial score (nSPS) is 10.3. The van der Waals surface area contributed by atoms with Crippen LogP contribution in [0.2, 0.25) is 0 Å². The third-order valence-corrected chi connectivity index (χ3v) is 6.12. The van der Waals surface area contributed by atoms with Gasteiger partial charge in [0.1, 0.15) is 43.7 Å². The molecule has 3 rings (SSSR count). The molecule has 0 aliphatic rings. The Morgan fingerprint density at radius 3 is 1.76 bits per heavy atom. The zero-order chi connectivity index (χ0) is 33.1. The molecule has 0 radical (unpaired) electrons. The molecule has 236 valence electrons. The molecule has 9 nitrogen and oxygen atoms in total. The lowest BCUT2D eigenvalue weighted by Gasteiger charge is -2.16. The van der Waals surface area contributed by atoms with E-state index in [0.717, 1.165) is 0 Å². The van der Waals surface area contributed by atoms with Crippen LogP contribution in [0.25, 0.3) is 22.3 Å². The van der Waals surface area contributed by atoms with Gasteiger partial charge in [-0.15, -0.1) is 0 Å². The molecule has 3 aromatic carbocycles. The van der Waals surface area contributed by atoms with Gasteiger partial charge in [-0.25, -0.2) is 18.8 Å². The van der Waals surface area contributed by atoms with Crippen molar-refractivity contribution in [1.29, 1.82) is 0 Å². The lowest BCUT2D eigenvalue weighted by atomic mass is 9.98. The number of hydrogen-bond donors (Lipinski definition) is 0. The summed E-state index contributed by atoms with van der Waals surface area (Å²) in [5.74, 6) is -1.01. The Kier molecular flexibility index (Phi) is 12.1. The average molecular weight is 619 g/mol. The predicted molar refractivity (Wildman–Crippen MR) is 167 cm³/mol. The Bertz CT molecular complexity index is 1620. The van der Waals surface area contributed by atoms with Crippen LogP contribution in [-0.2, 0) is 23.9 Å². The first-order valence-electron chi connectivity index (χ1n) is 13.8. The molecular weight excluding hydrogens is 583 g/mol. The molecule has 0 unspecified atom stereocenters. The summed E-state index contributed by atoms with van der Waals surface area (Å²) < 4.78 is 48.0. The summed E-state index contributed by atoms with van der Waals surface area (Å²) in [4.78, 5) is 35.3. The number of rotatable bonds is 15. The summed E-state index contributed by atoms with van der Waals surface area (Å²) in [6, 6.07) is 14.4. The van der Waals surface area contributed by atoms with Gasteiger partial charge in [0.05, 0.1) is 7.11 Å². The molecule has 3 aromatic rings. The van der Waals surface area contributed by atoms with E-state index >= 15 is 4.39 Å². The molecule has 0 saturated carbocycles. The van der Waals surface area contributed by atoms with Crippen molar-refractivity contribution < 1.29 is 47.2 Å². The maximum absolute atomic E-state index is 15.6. The van der Waals surface area contributed by atoms with Gasteiger partial charge in [0, 0.05) is 33.9 Å². The minimum atomic E-state index is -0.605. The van der Waals surface area contributed by atoms with E-state index in [0.29, 0.717) is 28.2 Å². The van der Waals surface area contributed by atoms with Crippen LogP contribution in [0.5, 0.6) is 23.0 Å². The van der Waals surface area contributed by atoms with Crippen LogP contribution in [0.3, 0.4) is 0 Å². The molecular formula is C35H35FO9. The number of ether oxygens (including phenoxy) is 6. The SMILES string of the molecule is C=C(C)C(=O)OCCOc1ccc(-c2ccc(-c3ccc(OC(=O)C(=C)C)c(OC)c3)c(F)c2)c(OCCOC(=O)C(=C)C)c1. The van der Waals surface area contributed by atoms with Gasteiger partial charge in [-0.2, -0.15) is 0 Å². The van der Waals surface area contributed by atoms with Gasteiger partial charge in [-0.05, 0) is 62.2 Å². The minimum absolute atomic E-state index is 0.00829. The number of carbonyl (C=O) groups excluding carboxylic acids is 3. The standard InChI is InChI=1S/C35H35FO9/c1-21(2)33(37)43-16-14-41-26-10-12-28(31(20-26)42-15-17-44-34(38)22(3)4)24-8-11-27(29(36)18-24)25-9-13-30(32(19-25)40-7)45-35(39)23(5)6/h8-13,18-20H,1,3,5,14-17H2,2,4,6-7H3. The Balaban J connectivity index is 1.86. The van der Waals surface area contributed by atoms with Gasteiger partial charge in [-0.3, -0.25) is 0 Å². The zero-order valence-electron chi connectivity index (χ0n) is 25.7. The monoisotopic (exact) mass is 618 g/mol. The fourth-order valence-corrected chi connectivity index (χ4v) is 3.80. The van der Waals surface area contributed by atoms with Crippen LogP contribution in [0.1, 0.15) is 20.8 Å². The number of esters is 3. The number of benzene rings is 3. The van der Waals surface area contributed by atoms with Crippen LogP contribution in [0.15, 0.2) is 91.1 Å². The van der Waals surface area contributed by atoms with Crippen LogP contribution in [0.4, 0.5) is 4.39 Å². The topological polar surface area (TPSA) is 107 Å². The van der Waals surface area contributed by atoms with E-state index < -0.39 is 23.7 Å². The number of hydrogen-bond acceptors (Lipinski definition) is 9. The molecule has 10 heteroatoms. The lowest BCUT2D eigenvalue weighted by molar-refractivity contribution is -0.140. The van der Waals surface area contributed by atoms with Crippen LogP contribution in [-0.4, -0.2) is 51.4 Å². The highest BCUT2D eigenvalue weighted by Gasteiger charge is 2.16. The Morgan fingerprint density at radius 2 is 1.18 bits per heavy atom. The van der Waals surface area contributed by atoms with Crippen molar-refractivity contribution in [3.8, 4) is 45.3 Å². The highest BCUT2D eigenvalue weighted by Crippen LogP contribution is 2.38. The van der Waals surface area contributed by atoms with Crippen molar-refractivity contribution in [2.45, 2.75) is 20.8 Å². The summed E-state index contributed by atoms with van der Waals surface area (Å²) >= 11 is 0. The van der Waals surface area contributed by atoms with Gasteiger partial charge in [0.25, 0.3) is 0 Å². The summed E-state index contributed by atoms with van der Waals surface area (Å²) in [6.07, 6.45) is 0. The van der Waals surface area contributed by atoms with Crippen LogP contribution >= 0.6 is 0 Å². The molecule has 0 saturated heterocycles. The average Bonchev–Trinajstić information content (AvgIpc) is 3.01. The van der Waals surface area contributed by atoms with Gasteiger partial charge in [-0.1, -0.05) is 37.9 Å². The van der Waals surface area contributed by atoms with Crippen molar-refractivity contribution in [1.82, 2.24) is 0 Å². The molecule has 0 fully saturated rings. The fraction of sp³-hybridized carbons (Fsp3) is 0.229. The Morgan fingerprint density at radius 1 is 0.622 bits per heavy atom. The second-order valence-electron chi connectivity index (χ2n) is 9.92. The maximum atomic E-state index is 15.6. The minimum Gasteiger partial charge on any atom is -0.493 e. The first-order valence-corrected chi connectivity index (χ1v) is 13.8. The van der Waals surface area contributed by atoms with Crippen molar-refractivity contribution in [3.63, 3.8) is 0 Å². The van der Waals surface area contributed by atoms with E-state index in [1.807, 2.05) is 0 Å². The summed E-state index contributed by atoms with van der Waals surface area (Å²) in [6.45, 7) is 15.3. The molecule has 0 aliphatic carbocycles. The largest absolute Gasteiger partial charge is 0.493 e. The second kappa shape index (κ2) is 15.9. The molecule has 45 heavy (non-hydrogen) atoms. The van der Waals surface area contributed by atoms with Crippen LogP contribution in [0, 0.1) is 5.82 Å². The van der Waals surface area contributed by atoms with E-state index in [2.05, 4.69) is 19.7 Å². The predicted octanol–water partition coefficient (Wildman–Crippen LogP) is 6.65. The summed E-state index contributed by atoms with van der Waals surface area (Å²) in [5, 5.41) is 0. The fourth-order valence-electron chi connectivity index (χ4n) is 3.80. The van der Waals surface area contributed by atoms with Gasteiger partial charge in [0.15, 0.2) is 11.5 Å². The van der Waals surface area contributed by atoms with Gasteiger partial charge >= 0.3 is 17.9 Å². The van der Waals surface area contributed by atoms with E-state index in [1.165, 1.54) is 33.1 Å². The molecule has 0 N–H and O–H groups in total. The molecule has 0 aromatic heterocycles. The Labute approximate surface area is 261 Å². The van der Waals surface area contributed by atoms with Gasteiger partial charge in [0.2, 0.25) is 0 Å². The molecule has 0 amide bonds. The zero-order valence-corrected chi connectivity index (χ0v) is 25.7. The molecule has 0 spiro atoms. The van der Waals surface area contributed by atoms with E-state index in [-0.39, 0.29) is 60.2 Å².